The van der Waals surface area contributed by atoms with Crippen LogP contribution in [0.5, 0.6) is 0 Å². The van der Waals surface area contributed by atoms with Crippen LogP contribution in [0.25, 0.3) is 0 Å². The normalized spacial score (nSPS) is 13.8. The molecule has 1 unspecified atom stereocenters. The van der Waals surface area contributed by atoms with Crippen molar-refractivity contribution in [3.63, 3.8) is 0 Å². The molecule has 0 aromatic carbocycles. The van der Waals surface area contributed by atoms with Crippen LogP contribution >= 0.6 is 0 Å². The van der Waals surface area contributed by atoms with Gasteiger partial charge >= 0.3 is 11.9 Å². The second-order valence-corrected chi connectivity index (χ2v) is 4.14. The van der Waals surface area contributed by atoms with Crippen molar-refractivity contribution >= 4 is 11.9 Å². The van der Waals surface area contributed by atoms with Crippen LogP contribution in [0, 0.1) is 5.92 Å². The van der Waals surface area contributed by atoms with Crippen molar-refractivity contribution in [1.82, 2.24) is 0 Å². The maximum absolute atomic E-state index is 10.6. The van der Waals surface area contributed by atoms with Gasteiger partial charge in [0.25, 0.3) is 0 Å². The summed E-state index contributed by atoms with van der Waals surface area (Å²) in [5, 5.41) is 26.8. The van der Waals surface area contributed by atoms with Gasteiger partial charge in [0.2, 0.25) is 0 Å². The summed E-state index contributed by atoms with van der Waals surface area (Å²) in [5.74, 6) is -4.01. The molecule has 17 heavy (non-hydrogen) atoms. The summed E-state index contributed by atoms with van der Waals surface area (Å²) in [7, 11) is 0. The first-order chi connectivity index (χ1) is 7.88. The molecule has 0 bridgehead atoms. The molecule has 0 amide bonds. The standard InChI is InChI=1S/C12H20O5/c1-3-4-9(13)7-8(2)5-6-10(11(14)15)12(16)17/h7,9-10,13H,3-6H2,1-2H3,(H,14,15)(H,16,17)/b8-7+. The molecule has 5 heteroatoms. The molecular weight excluding hydrogens is 224 g/mol. The Morgan fingerprint density at radius 1 is 1.18 bits per heavy atom. The summed E-state index contributed by atoms with van der Waals surface area (Å²) >= 11 is 0. The SMILES string of the molecule is CCCC(O)/C=C(\C)CCC(C(=O)O)C(=O)O. The highest BCUT2D eigenvalue weighted by Crippen LogP contribution is 2.14. The van der Waals surface area contributed by atoms with E-state index in [1.54, 1.807) is 13.0 Å². The number of carbonyl (C=O) groups is 2. The van der Waals surface area contributed by atoms with Gasteiger partial charge in [-0.05, 0) is 26.2 Å². The topological polar surface area (TPSA) is 94.8 Å². The van der Waals surface area contributed by atoms with E-state index in [1.165, 1.54) is 0 Å². The fraction of sp³-hybridized carbons (Fsp3) is 0.667. The molecular formula is C12H20O5. The lowest BCUT2D eigenvalue weighted by molar-refractivity contribution is -0.154. The Balaban J connectivity index is 4.25. The second kappa shape index (κ2) is 7.84. The largest absolute Gasteiger partial charge is 0.481 e. The molecule has 1 atom stereocenters. The third-order valence-electron chi connectivity index (χ3n) is 2.48. The highest BCUT2D eigenvalue weighted by molar-refractivity contribution is 5.92. The van der Waals surface area contributed by atoms with Gasteiger partial charge in [-0.15, -0.1) is 0 Å². The van der Waals surface area contributed by atoms with E-state index in [4.69, 9.17) is 10.2 Å². The average molecular weight is 244 g/mol. The van der Waals surface area contributed by atoms with Crippen LogP contribution in [0.15, 0.2) is 11.6 Å². The maximum atomic E-state index is 10.6. The summed E-state index contributed by atoms with van der Waals surface area (Å²) in [6, 6.07) is 0. The Kier molecular flexibility index (Phi) is 7.21. The Hall–Kier alpha value is -1.36. The molecule has 3 N–H and O–H groups in total. The zero-order valence-electron chi connectivity index (χ0n) is 10.2. The highest BCUT2D eigenvalue weighted by Gasteiger charge is 2.25. The Bertz CT molecular complexity index is 281. The number of aliphatic carboxylic acids is 2. The van der Waals surface area contributed by atoms with Crippen molar-refractivity contribution < 1.29 is 24.9 Å². The predicted octanol–water partition coefficient (Wildman–Crippen LogP) is 1.66. The van der Waals surface area contributed by atoms with Crippen molar-refractivity contribution in [3.05, 3.63) is 11.6 Å². The van der Waals surface area contributed by atoms with Crippen molar-refractivity contribution in [2.45, 2.75) is 45.6 Å². The van der Waals surface area contributed by atoms with Gasteiger partial charge in [-0.25, -0.2) is 0 Å². The highest BCUT2D eigenvalue weighted by atomic mass is 16.4. The first-order valence-corrected chi connectivity index (χ1v) is 5.69. The molecule has 0 aliphatic carbocycles. The number of rotatable bonds is 8. The fourth-order valence-electron chi connectivity index (χ4n) is 1.52. The van der Waals surface area contributed by atoms with Gasteiger partial charge in [0.05, 0.1) is 6.10 Å². The zero-order chi connectivity index (χ0) is 13.4. The van der Waals surface area contributed by atoms with E-state index in [2.05, 4.69) is 0 Å². The van der Waals surface area contributed by atoms with E-state index >= 15 is 0 Å². The minimum Gasteiger partial charge on any atom is -0.481 e. The number of allylic oxidation sites excluding steroid dienone is 1. The molecule has 0 aliphatic rings. The molecule has 0 aromatic rings. The van der Waals surface area contributed by atoms with Crippen molar-refractivity contribution in [2.24, 2.45) is 5.92 Å². The molecule has 5 nitrogen and oxygen atoms in total. The Morgan fingerprint density at radius 2 is 1.71 bits per heavy atom. The van der Waals surface area contributed by atoms with Gasteiger partial charge in [-0.2, -0.15) is 0 Å². The van der Waals surface area contributed by atoms with E-state index in [0.29, 0.717) is 12.8 Å². The van der Waals surface area contributed by atoms with Crippen LogP contribution in [0.1, 0.15) is 39.5 Å². The number of carboxylic acids is 2. The van der Waals surface area contributed by atoms with Crippen LogP contribution in [0.3, 0.4) is 0 Å². The van der Waals surface area contributed by atoms with E-state index in [-0.39, 0.29) is 6.42 Å². The lowest BCUT2D eigenvalue weighted by Crippen LogP contribution is -2.23. The van der Waals surface area contributed by atoms with Gasteiger partial charge < -0.3 is 15.3 Å². The van der Waals surface area contributed by atoms with Gasteiger partial charge in [0.15, 0.2) is 5.92 Å². The molecule has 0 radical (unpaired) electrons. The smallest absolute Gasteiger partial charge is 0.317 e. The summed E-state index contributed by atoms with van der Waals surface area (Å²) in [6.07, 6.45) is 3.05. The second-order valence-electron chi connectivity index (χ2n) is 4.14. The number of hydrogen-bond donors (Lipinski definition) is 3. The lowest BCUT2D eigenvalue weighted by atomic mass is 9.99. The third kappa shape index (κ3) is 6.73. The summed E-state index contributed by atoms with van der Waals surface area (Å²) in [5.41, 5.74) is 0.818. The summed E-state index contributed by atoms with van der Waals surface area (Å²) in [4.78, 5) is 21.3. The minimum atomic E-state index is -1.37. The molecule has 0 heterocycles. The van der Waals surface area contributed by atoms with Crippen LogP contribution in [-0.4, -0.2) is 33.4 Å². The number of carboxylic acid groups (broad SMARTS) is 2. The van der Waals surface area contributed by atoms with E-state index < -0.39 is 24.0 Å². The molecule has 0 aliphatic heterocycles. The third-order valence-corrected chi connectivity index (χ3v) is 2.48. The number of aliphatic hydroxyl groups excluding tert-OH is 1. The van der Waals surface area contributed by atoms with Crippen LogP contribution in [0.2, 0.25) is 0 Å². The van der Waals surface area contributed by atoms with Gasteiger partial charge in [-0.1, -0.05) is 25.0 Å². The van der Waals surface area contributed by atoms with Gasteiger partial charge in [0.1, 0.15) is 0 Å². The fourth-order valence-corrected chi connectivity index (χ4v) is 1.52. The molecule has 0 rings (SSSR count). The van der Waals surface area contributed by atoms with Crippen LogP contribution in [-0.2, 0) is 9.59 Å². The summed E-state index contributed by atoms with van der Waals surface area (Å²) < 4.78 is 0. The monoisotopic (exact) mass is 244 g/mol. The quantitative estimate of drug-likeness (QED) is 0.446. The zero-order valence-corrected chi connectivity index (χ0v) is 10.2. The van der Waals surface area contributed by atoms with Crippen molar-refractivity contribution in [2.75, 3.05) is 0 Å². The number of hydrogen-bond acceptors (Lipinski definition) is 3. The molecule has 0 saturated carbocycles. The number of aliphatic hydroxyl groups is 1. The first-order valence-electron chi connectivity index (χ1n) is 5.69. The molecule has 98 valence electrons. The Labute approximate surface area is 101 Å². The molecule has 0 spiro atoms. The average Bonchev–Trinajstić information content (AvgIpc) is 2.16. The van der Waals surface area contributed by atoms with Crippen LogP contribution in [0.4, 0.5) is 0 Å². The minimum absolute atomic E-state index is 0.0475. The lowest BCUT2D eigenvalue weighted by Gasteiger charge is -2.09. The molecule has 0 fully saturated rings. The van der Waals surface area contributed by atoms with Gasteiger partial charge in [-0.3, -0.25) is 9.59 Å². The first kappa shape index (κ1) is 15.6. The van der Waals surface area contributed by atoms with E-state index in [9.17, 15) is 14.7 Å². The van der Waals surface area contributed by atoms with E-state index in [0.717, 1.165) is 12.0 Å². The Morgan fingerprint density at radius 3 is 2.12 bits per heavy atom. The summed E-state index contributed by atoms with van der Waals surface area (Å²) in [6.45, 7) is 3.72. The predicted molar refractivity (Wildman–Crippen MR) is 62.7 cm³/mol. The van der Waals surface area contributed by atoms with Crippen LogP contribution < -0.4 is 0 Å². The van der Waals surface area contributed by atoms with Gasteiger partial charge in [0, 0.05) is 0 Å². The van der Waals surface area contributed by atoms with E-state index in [1.807, 2.05) is 6.92 Å². The molecule has 0 aromatic heterocycles. The van der Waals surface area contributed by atoms with Crippen molar-refractivity contribution in [3.8, 4) is 0 Å². The molecule has 0 saturated heterocycles. The maximum Gasteiger partial charge on any atom is 0.317 e. The van der Waals surface area contributed by atoms with Crippen molar-refractivity contribution in [1.29, 1.82) is 0 Å².